The number of hydrogen-bond acceptors (Lipinski definition) is 5. The topological polar surface area (TPSA) is 75.6 Å². The molecule has 1 aromatic carbocycles. The highest BCUT2D eigenvalue weighted by molar-refractivity contribution is 7.91. The zero-order valence-corrected chi connectivity index (χ0v) is 13.2. The molecule has 0 saturated heterocycles. The van der Waals surface area contributed by atoms with Gasteiger partial charge in [-0.05, 0) is 30.7 Å². The molecular formula is C14H17NO4S2. The van der Waals surface area contributed by atoms with Gasteiger partial charge < -0.3 is 9.84 Å². The first-order valence-electron chi connectivity index (χ1n) is 6.40. The summed E-state index contributed by atoms with van der Waals surface area (Å²) in [5.74, 6) is 0.700. The minimum Gasteiger partial charge on any atom is -0.492 e. The summed E-state index contributed by atoms with van der Waals surface area (Å²) in [5, 5.41) is 9.11. The van der Waals surface area contributed by atoms with E-state index >= 15 is 0 Å². The molecule has 0 bridgehead atoms. The number of ether oxygens (including phenoxy) is 1. The first kappa shape index (κ1) is 16.0. The standard InChI is InChI=1S/C14H17NO4S2/c1-11-9-14(20-13(11)10-16)21(17,18)15-7-8-19-12-5-3-2-4-6-12/h2-6,9,15-16H,7-8,10H2,1H3. The molecule has 1 aromatic heterocycles. The summed E-state index contributed by atoms with van der Waals surface area (Å²) in [6, 6.07) is 10.8. The number of para-hydroxylation sites is 1. The highest BCUT2D eigenvalue weighted by Crippen LogP contribution is 2.25. The lowest BCUT2D eigenvalue weighted by Gasteiger charge is -2.07. The number of benzene rings is 1. The summed E-state index contributed by atoms with van der Waals surface area (Å²) in [7, 11) is -3.55. The fourth-order valence-corrected chi connectivity index (χ4v) is 4.22. The van der Waals surface area contributed by atoms with Crippen LogP contribution in [0.1, 0.15) is 10.4 Å². The van der Waals surface area contributed by atoms with E-state index in [4.69, 9.17) is 9.84 Å². The van der Waals surface area contributed by atoms with E-state index in [2.05, 4.69) is 4.72 Å². The molecule has 0 fully saturated rings. The van der Waals surface area contributed by atoms with E-state index in [0.29, 0.717) is 10.6 Å². The van der Waals surface area contributed by atoms with Crippen molar-refractivity contribution in [1.82, 2.24) is 4.72 Å². The number of nitrogens with one attached hydrogen (secondary N) is 1. The Bertz CT molecular complexity index is 680. The first-order chi connectivity index (χ1) is 10.0. The first-order valence-corrected chi connectivity index (χ1v) is 8.70. The van der Waals surface area contributed by atoms with Gasteiger partial charge >= 0.3 is 0 Å². The minimum atomic E-state index is -3.55. The predicted octanol–water partition coefficient (Wildman–Crippen LogP) is 1.91. The third kappa shape index (κ3) is 4.28. The average molecular weight is 327 g/mol. The van der Waals surface area contributed by atoms with Crippen LogP contribution in [-0.2, 0) is 16.6 Å². The van der Waals surface area contributed by atoms with Crippen molar-refractivity contribution in [3.8, 4) is 5.75 Å². The second-order valence-corrected chi connectivity index (χ2v) is 7.52. The third-order valence-electron chi connectivity index (χ3n) is 2.81. The van der Waals surface area contributed by atoms with Crippen molar-refractivity contribution in [2.24, 2.45) is 0 Å². The van der Waals surface area contributed by atoms with Gasteiger partial charge in [-0.15, -0.1) is 11.3 Å². The number of hydrogen-bond donors (Lipinski definition) is 2. The van der Waals surface area contributed by atoms with E-state index in [1.54, 1.807) is 13.0 Å². The molecule has 114 valence electrons. The molecule has 0 aliphatic rings. The summed E-state index contributed by atoms with van der Waals surface area (Å²) >= 11 is 1.08. The lowest BCUT2D eigenvalue weighted by atomic mass is 10.3. The predicted molar refractivity (Wildman–Crippen MR) is 82.1 cm³/mol. The van der Waals surface area contributed by atoms with Crippen LogP contribution >= 0.6 is 11.3 Å². The normalized spacial score (nSPS) is 11.5. The van der Waals surface area contributed by atoms with Crippen molar-refractivity contribution in [2.75, 3.05) is 13.2 Å². The van der Waals surface area contributed by atoms with Crippen molar-refractivity contribution in [3.05, 3.63) is 46.8 Å². The molecule has 0 amide bonds. The van der Waals surface area contributed by atoms with E-state index in [0.717, 1.165) is 16.9 Å². The number of aliphatic hydroxyl groups is 1. The highest BCUT2D eigenvalue weighted by Gasteiger charge is 2.18. The van der Waals surface area contributed by atoms with E-state index in [-0.39, 0.29) is 24.0 Å². The van der Waals surface area contributed by atoms with Gasteiger partial charge in [0.25, 0.3) is 0 Å². The number of aliphatic hydroxyl groups excluding tert-OH is 1. The van der Waals surface area contributed by atoms with Crippen molar-refractivity contribution in [2.45, 2.75) is 17.7 Å². The van der Waals surface area contributed by atoms with Gasteiger partial charge in [0.2, 0.25) is 10.0 Å². The number of thiophene rings is 1. The zero-order chi connectivity index (χ0) is 15.3. The van der Waals surface area contributed by atoms with Crippen molar-refractivity contribution >= 4 is 21.4 Å². The van der Waals surface area contributed by atoms with Gasteiger partial charge in [-0.3, -0.25) is 0 Å². The summed E-state index contributed by atoms with van der Waals surface area (Å²) in [4.78, 5) is 0.663. The molecule has 2 aromatic rings. The summed E-state index contributed by atoms with van der Waals surface area (Å²) in [6.45, 7) is 2.06. The van der Waals surface area contributed by atoms with Crippen molar-refractivity contribution in [3.63, 3.8) is 0 Å². The zero-order valence-electron chi connectivity index (χ0n) is 11.6. The number of rotatable bonds is 7. The fourth-order valence-electron chi connectivity index (χ4n) is 1.71. The Balaban J connectivity index is 1.89. The molecule has 21 heavy (non-hydrogen) atoms. The van der Waals surface area contributed by atoms with Crippen LogP contribution in [0.3, 0.4) is 0 Å². The van der Waals surface area contributed by atoms with Crippen LogP contribution in [0.2, 0.25) is 0 Å². The molecular weight excluding hydrogens is 310 g/mol. The highest BCUT2D eigenvalue weighted by atomic mass is 32.2. The average Bonchev–Trinajstić information content (AvgIpc) is 2.87. The molecule has 0 atom stereocenters. The molecule has 0 radical (unpaired) electrons. The van der Waals surface area contributed by atoms with E-state index in [1.807, 2.05) is 30.3 Å². The van der Waals surface area contributed by atoms with Gasteiger partial charge in [0.15, 0.2) is 0 Å². The van der Waals surface area contributed by atoms with Gasteiger partial charge in [-0.25, -0.2) is 13.1 Å². The van der Waals surface area contributed by atoms with Gasteiger partial charge in [-0.1, -0.05) is 18.2 Å². The molecule has 7 heteroatoms. The Morgan fingerprint density at radius 3 is 2.62 bits per heavy atom. The Morgan fingerprint density at radius 1 is 1.29 bits per heavy atom. The van der Waals surface area contributed by atoms with Crippen molar-refractivity contribution < 1.29 is 18.3 Å². The lowest BCUT2D eigenvalue weighted by Crippen LogP contribution is -2.27. The SMILES string of the molecule is Cc1cc(S(=O)(=O)NCCOc2ccccc2)sc1CO. The Kier molecular flexibility index (Phi) is 5.35. The molecule has 5 nitrogen and oxygen atoms in total. The van der Waals surface area contributed by atoms with Crippen molar-refractivity contribution in [1.29, 1.82) is 0 Å². The third-order valence-corrected chi connectivity index (χ3v) is 5.97. The largest absolute Gasteiger partial charge is 0.492 e. The summed E-state index contributed by atoms with van der Waals surface area (Å²) in [6.07, 6.45) is 0. The smallest absolute Gasteiger partial charge is 0.250 e. The molecule has 1 heterocycles. The van der Waals surface area contributed by atoms with Gasteiger partial charge in [0, 0.05) is 11.4 Å². The molecule has 0 aliphatic carbocycles. The Morgan fingerprint density at radius 2 is 2.00 bits per heavy atom. The maximum Gasteiger partial charge on any atom is 0.250 e. The quantitative estimate of drug-likeness (QED) is 0.762. The second kappa shape index (κ2) is 7.04. The Hall–Kier alpha value is -1.41. The van der Waals surface area contributed by atoms with E-state index in [1.165, 1.54) is 0 Å². The monoisotopic (exact) mass is 327 g/mol. The molecule has 0 saturated carbocycles. The van der Waals surface area contributed by atoms with E-state index < -0.39 is 10.0 Å². The molecule has 0 aliphatic heterocycles. The van der Waals surface area contributed by atoms with E-state index in [9.17, 15) is 8.42 Å². The molecule has 2 N–H and O–H groups in total. The van der Waals surface area contributed by atoms with Crippen LogP contribution in [0.15, 0.2) is 40.6 Å². The van der Waals surface area contributed by atoms with Crippen LogP contribution in [0.4, 0.5) is 0 Å². The second-order valence-electron chi connectivity index (χ2n) is 4.39. The van der Waals surface area contributed by atoms with Crippen LogP contribution in [0.25, 0.3) is 0 Å². The number of sulfonamides is 1. The minimum absolute atomic E-state index is 0.150. The van der Waals surface area contributed by atoms with Crippen LogP contribution in [0.5, 0.6) is 5.75 Å². The van der Waals surface area contributed by atoms with Crippen LogP contribution in [0, 0.1) is 6.92 Å². The van der Waals surface area contributed by atoms with Crippen LogP contribution < -0.4 is 9.46 Å². The Labute approximate surface area is 128 Å². The maximum atomic E-state index is 12.1. The summed E-state index contributed by atoms with van der Waals surface area (Å²) in [5.41, 5.74) is 0.781. The maximum absolute atomic E-state index is 12.1. The lowest BCUT2D eigenvalue weighted by molar-refractivity contribution is 0.285. The fraction of sp³-hybridized carbons (Fsp3) is 0.286. The van der Waals surface area contributed by atoms with Gasteiger partial charge in [0.05, 0.1) is 6.61 Å². The van der Waals surface area contributed by atoms with Gasteiger partial charge in [0.1, 0.15) is 16.6 Å². The molecule has 0 spiro atoms. The molecule has 2 rings (SSSR count). The summed E-state index contributed by atoms with van der Waals surface area (Å²) < 4.78 is 32.3. The van der Waals surface area contributed by atoms with Crippen LogP contribution in [-0.4, -0.2) is 26.7 Å². The number of aryl methyl sites for hydroxylation is 1. The molecule has 0 unspecified atom stereocenters. The van der Waals surface area contributed by atoms with Gasteiger partial charge in [-0.2, -0.15) is 0 Å².